The third-order valence-corrected chi connectivity index (χ3v) is 1.42. The number of methoxy groups -OCH3 is 1. The van der Waals surface area contributed by atoms with E-state index in [4.69, 9.17) is 9.47 Å². The van der Waals surface area contributed by atoms with Crippen LogP contribution < -0.4 is 5.32 Å². The molecule has 68 valence electrons. The van der Waals surface area contributed by atoms with Crippen LogP contribution in [0, 0.1) is 0 Å². The molecule has 0 spiro atoms. The summed E-state index contributed by atoms with van der Waals surface area (Å²) in [4.78, 5) is 0. The van der Waals surface area contributed by atoms with Crippen LogP contribution in [0.4, 0.5) is 0 Å². The quantitative estimate of drug-likeness (QED) is 0.446. The summed E-state index contributed by atoms with van der Waals surface area (Å²) >= 11 is 0. The minimum absolute atomic E-state index is 0.0425. The van der Waals surface area contributed by atoms with Crippen molar-refractivity contribution in [1.82, 2.24) is 5.32 Å². The van der Waals surface area contributed by atoms with E-state index in [1.54, 1.807) is 7.11 Å². The monoisotopic (exact) mass is 161 g/mol. The summed E-state index contributed by atoms with van der Waals surface area (Å²) in [5.41, 5.74) is 0. The summed E-state index contributed by atoms with van der Waals surface area (Å²) in [7, 11) is 1.67. The molecule has 0 aliphatic carbocycles. The van der Waals surface area contributed by atoms with Crippen LogP contribution >= 0.6 is 0 Å². The fraction of sp³-hybridized carbons (Fsp3) is 1.00. The molecule has 0 rings (SSSR count). The minimum atomic E-state index is -0.0425. The maximum atomic E-state index is 5.28. The molecule has 0 aliphatic heterocycles. The van der Waals surface area contributed by atoms with E-state index in [-0.39, 0.29) is 6.29 Å². The second kappa shape index (κ2) is 7.98. The molecule has 0 saturated heterocycles. The first-order chi connectivity index (χ1) is 5.35. The average Bonchev–Trinajstić information content (AvgIpc) is 2.03. The highest BCUT2D eigenvalue weighted by Gasteiger charge is 2.03. The van der Waals surface area contributed by atoms with Crippen LogP contribution in [0.1, 0.15) is 20.3 Å². The van der Waals surface area contributed by atoms with Gasteiger partial charge in [-0.25, -0.2) is 0 Å². The van der Waals surface area contributed by atoms with Crippen molar-refractivity contribution in [2.75, 3.05) is 26.8 Å². The van der Waals surface area contributed by atoms with Gasteiger partial charge in [0, 0.05) is 20.1 Å². The smallest absolute Gasteiger partial charge is 0.158 e. The van der Waals surface area contributed by atoms with Crippen molar-refractivity contribution in [1.29, 1.82) is 0 Å². The third kappa shape index (κ3) is 6.28. The van der Waals surface area contributed by atoms with Gasteiger partial charge >= 0.3 is 0 Å². The van der Waals surface area contributed by atoms with Gasteiger partial charge in [0.25, 0.3) is 0 Å². The lowest BCUT2D eigenvalue weighted by Gasteiger charge is -2.14. The van der Waals surface area contributed by atoms with Gasteiger partial charge in [0.2, 0.25) is 0 Å². The molecule has 0 amide bonds. The number of hydrogen-bond acceptors (Lipinski definition) is 3. The summed E-state index contributed by atoms with van der Waals surface area (Å²) in [6.07, 6.45) is 0.872. The third-order valence-electron chi connectivity index (χ3n) is 1.42. The Kier molecular flexibility index (Phi) is 7.89. The molecule has 0 fully saturated rings. The second-order valence-corrected chi connectivity index (χ2v) is 2.26. The Morgan fingerprint density at radius 3 is 2.55 bits per heavy atom. The molecule has 0 saturated carbocycles. The van der Waals surface area contributed by atoms with Gasteiger partial charge in [-0.15, -0.1) is 0 Å². The highest BCUT2D eigenvalue weighted by Crippen LogP contribution is 1.97. The van der Waals surface area contributed by atoms with Crippen molar-refractivity contribution >= 4 is 0 Å². The van der Waals surface area contributed by atoms with Crippen LogP contribution in [0.25, 0.3) is 0 Å². The number of nitrogens with one attached hydrogen (secondary N) is 1. The summed E-state index contributed by atoms with van der Waals surface area (Å²) in [5.74, 6) is 0. The van der Waals surface area contributed by atoms with Crippen LogP contribution in [-0.2, 0) is 9.47 Å². The zero-order valence-electron chi connectivity index (χ0n) is 7.72. The molecule has 0 heterocycles. The molecular weight excluding hydrogens is 142 g/mol. The molecule has 3 heteroatoms. The predicted octanol–water partition coefficient (Wildman–Crippen LogP) is 0.995. The van der Waals surface area contributed by atoms with Crippen LogP contribution in [0.15, 0.2) is 0 Å². The van der Waals surface area contributed by atoms with Gasteiger partial charge in [-0.1, -0.05) is 6.92 Å². The Labute approximate surface area is 69.1 Å². The maximum absolute atomic E-state index is 5.28. The molecule has 11 heavy (non-hydrogen) atoms. The zero-order valence-corrected chi connectivity index (χ0v) is 7.72. The van der Waals surface area contributed by atoms with E-state index >= 15 is 0 Å². The first kappa shape index (κ1) is 10.9. The number of hydrogen-bond donors (Lipinski definition) is 1. The first-order valence-corrected chi connectivity index (χ1v) is 4.20. The molecular formula is C8H19NO2. The van der Waals surface area contributed by atoms with E-state index in [0.717, 1.165) is 19.5 Å². The highest BCUT2D eigenvalue weighted by atomic mass is 16.7. The molecule has 0 aromatic carbocycles. The normalized spacial score (nSPS) is 13.4. The van der Waals surface area contributed by atoms with Gasteiger partial charge in [0.15, 0.2) is 6.29 Å². The minimum Gasteiger partial charge on any atom is -0.356 e. The van der Waals surface area contributed by atoms with Gasteiger partial charge in [0.05, 0.1) is 0 Å². The molecule has 3 nitrogen and oxygen atoms in total. The Bertz CT molecular complexity index is 78.5. The second-order valence-electron chi connectivity index (χ2n) is 2.26. The van der Waals surface area contributed by atoms with E-state index in [1.165, 1.54) is 0 Å². The first-order valence-electron chi connectivity index (χ1n) is 4.20. The van der Waals surface area contributed by atoms with Crippen molar-refractivity contribution in [2.24, 2.45) is 0 Å². The van der Waals surface area contributed by atoms with Crippen LogP contribution in [-0.4, -0.2) is 33.1 Å². The van der Waals surface area contributed by atoms with Crippen molar-refractivity contribution in [3.05, 3.63) is 0 Å². The highest BCUT2D eigenvalue weighted by molar-refractivity contribution is 4.48. The van der Waals surface area contributed by atoms with Gasteiger partial charge in [-0.05, 0) is 20.0 Å². The molecule has 0 radical (unpaired) electrons. The predicted molar refractivity (Wildman–Crippen MR) is 45.6 cm³/mol. The topological polar surface area (TPSA) is 30.5 Å². The molecule has 0 aromatic rings. The maximum Gasteiger partial charge on any atom is 0.158 e. The van der Waals surface area contributed by atoms with Crippen molar-refractivity contribution < 1.29 is 9.47 Å². The SMILES string of the molecule is CCNCCC(OC)OCC. The van der Waals surface area contributed by atoms with Crippen molar-refractivity contribution in [3.63, 3.8) is 0 Å². The molecule has 0 bridgehead atoms. The molecule has 1 N–H and O–H groups in total. The van der Waals surface area contributed by atoms with Crippen LogP contribution in [0.5, 0.6) is 0 Å². The van der Waals surface area contributed by atoms with Gasteiger partial charge in [-0.2, -0.15) is 0 Å². The fourth-order valence-corrected chi connectivity index (χ4v) is 0.852. The lowest BCUT2D eigenvalue weighted by atomic mass is 10.4. The summed E-state index contributed by atoms with van der Waals surface area (Å²) in [6, 6.07) is 0. The largest absolute Gasteiger partial charge is 0.356 e. The van der Waals surface area contributed by atoms with Gasteiger partial charge < -0.3 is 14.8 Å². The molecule has 1 atom stereocenters. The van der Waals surface area contributed by atoms with E-state index < -0.39 is 0 Å². The van der Waals surface area contributed by atoms with Gasteiger partial charge in [0.1, 0.15) is 0 Å². The lowest BCUT2D eigenvalue weighted by Crippen LogP contribution is -2.23. The van der Waals surface area contributed by atoms with E-state index in [0.29, 0.717) is 6.61 Å². The molecule has 0 aromatic heterocycles. The summed E-state index contributed by atoms with van der Waals surface area (Å²) in [6.45, 7) is 6.73. The Morgan fingerprint density at radius 2 is 2.09 bits per heavy atom. The van der Waals surface area contributed by atoms with E-state index in [9.17, 15) is 0 Å². The Morgan fingerprint density at radius 1 is 1.36 bits per heavy atom. The van der Waals surface area contributed by atoms with Gasteiger partial charge in [-0.3, -0.25) is 0 Å². The molecule has 0 aliphatic rings. The van der Waals surface area contributed by atoms with E-state index in [1.807, 2.05) is 6.92 Å². The van der Waals surface area contributed by atoms with E-state index in [2.05, 4.69) is 12.2 Å². The fourth-order valence-electron chi connectivity index (χ4n) is 0.852. The van der Waals surface area contributed by atoms with Crippen LogP contribution in [0.2, 0.25) is 0 Å². The average molecular weight is 161 g/mol. The van der Waals surface area contributed by atoms with Crippen LogP contribution in [0.3, 0.4) is 0 Å². The number of ether oxygens (including phenoxy) is 2. The number of rotatable bonds is 7. The Hall–Kier alpha value is -0.120. The summed E-state index contributed by atoms with van der Waals surface area (Å²) < 4.78 is 10.4. The Balaban J connectivity index is 3.20. The standard InChI is InChI=1S/C8H19NO2/c1-4-9-7-6-8(10-3)11-5-2/h8-9H,4-7H2,1-3H3. The molecule has 1 unspecified atom stereocenters. The van der Waals surface area contributed by atoms with Crippen molar-refractivity contribution in [2.45, 2.75) is 26.6 Å². The lowest BCUT2D eigenvalue weighted by molar-refractivity contribution is -0.122. The summed E-state index contributed by atoms with van der Waals surface area (Å²) in [5, 5.41) is 3.21. The van der Waals surface area contributed by atoms with Crippen molar-refractivity contribution in [3.8, 4) is 0 Å². The zero-order chi connectivity index (χ0) is 8.53.